The van der Waals surface area contributed by atoms with Crippen molar-refractivity contribution in [2.75, 3.05) is 18.1 Å². The fraction of sp³-hybridized carbons (Fsp3) is 0.429. The lowest BCUT2D eigenvalue weighted by atomic mass is 10.0. The molecular formula is C14H17NOS2. The Hall–Kier alpha value is -0.550. The van der Waals surface area contributed by atoms with Crippen LogP contribution in [-0.4, -0.2) is 28.8 Å². The Kier molecular flexibility index (Phi) is 3.61. The molecule has 1 unspecified atom stereocenters. The van der Waals surface area contributed by atoms with Crippen molar-refractivity contribution in [2.24, 2.45) is 0 Å². The molecule has 1 fully saturated rings. The third-order valence-corrected chi connectivity index (χ3v) is 5.66. The Labute approximate surface area is 115 Å². The van der Waals surface area contributed by atoms with Crippen molar-refractivity contribution in [1.82, 2.24) is 5.32 Å². The molecule has 1 aliphatic rings. The van der Waals surface area contributed by atoms with Gasteiger partial charge in [-0.05, 0) is 29.7 Å². The van der Waals surface area contributed by atoms with E-state index in [9.17, 15) is 5.11 Å². The summed E-state index contributed by atoms with van der Waals surface area (Å²) >= 11 is 3.67. The van der Waals surface area contributed by atoms with Crippen molar-refractivity contribution < 1.29 is 5.11 Å². The van der Waals surface area contributed by atoms with E-state index in [4.69, 9.17) is 0 Å². The minimum Gasteiger partial charge on any atom is -0.388 e. The van der Waals surface area contributed by atoms with E-state index in [1.54, 1.807) is 0 Å². The lowest BCUT2D eigenvalue weighted by molar-refractivity contribution is 0.0675. The predicted octanol–water partition coefficient (Wildman–Crippen LogP) is 2.86. The number of thiophene rings is 1. The zero-order valence-electron chi connectivity index (χ0n) is 10.2. The van der Waals surface area contributed by atoms with Crippen molar-refractivity contribution in [2.45, 2.75) is 18.6 Å². The number of thioether (sulfide) groups is 1. The molecule has 0 amide bonds. The van der Waals surface area contributed by atoms with Gasteiger partial charge in [-0.3, -0.25) is 0 Å². The molecule has 4 heteroatoms. The van der Waals surface area contributed by atoms with E-state index in [0.29, 0.717) is 6.54 Å². The van der Waals surface area contributed by atoms with Gasteiger partial charge in [0.05, 0.1) is 5.60 Å². The standard InChI is InChI=1S/C14H17NOS2/c16-14(5-6-17-10-14)9-15-8-12-7-11-3-1-2-4-13(11)18-12/h1-4,7,15-16H,5-6,8-10H2. The second-order valence-corrected chi connectivity index (χ2v) is 7.15. The van der Waals surface area contributed by atoms with Crippen molar-refractivity contribution in [3.8, 4) is 0 Å². The number of rotatable bonds is 4. The van der Waals surface area contributed by atoms with Crippen molar-refractivity contribution in [3.05, 3.63) is 35.2 Å². The highest BCUT2D eigenvalue weighted by Crippen LogP contribution is 2.28. The van der Waals surface area contributed by atoms with Gasteiger partial charge in [-0.1, -0.05) is 18.2 Å². The van der Waals surface area contributed by atoms with Gasteiger partial charge in [-0.2, -0.15) is 11.8 Å². The minimum absolute atomic E-state index is 0.485. The largest absolute Gasteiger partial charge is 0.388 e. The summed E-state index contributed by atoms with van der Waals surface area (Å²) in [5.74, 6) is 1.95. The lowest BCUT2D eigenvalue weighted by Gasteiger charge is -2.21. The van der Waals surface area contributed by atoms with Gasteiger partial charge in [0, 0.05) is 28.4 Å². The Balaban J connectivity index is 1.59. The quantitative estimate of drug-likeness (QED) is 0.902. The van der Waals surface area contributed by atoms with Crippen LogP contribution in [0.25, 0.3) is 10.1 Å². The molecule has 2 aromatic rings. The summed E-state index contributed by atoms with van der Waals surface area (Å²) in [6.45, 7) is 1.56. The van der Waals surface area contributed by atoms with Crippen LogP contribution in [0.3, 0.4) is 0 Å². The van der Waals surface area contributed by atoms with Crippen molar-refractivity contribution in [3.63, 3.8) is 0 Å². The molecule has 1 saturated heterocycles. The lowest BCUT2D eigenvalue weighted by Crippen LogP contribution is -2.40. The maximum absolute atomic E-state index is 10.2. The van der Waals surface area contributed by atoms with Crippen LogP contribution >= 0.6 is 23.1 Å². The number of fused-ring (bicyclic) bond motifs is 1. The van der Waals surface area contributed by atoms with Gasteiger partial charge in [0.2, 0.25) is 0 Å². The molecule has 2 N–H and O–H groups in total. The Bertz CT molecular complexity index is 498. The number of aliphatic hydroxyl groups is 1. The molecule has 3 rings (SSSR count). The normalized spacial score (nSPS) is 23.8. The Morgan fingerprint density at radius 3 is 3.00 bits per heavy atom. The van der Waals surface area contributed by atoms with Crippen LogP contribution < -0.4 is 5.32 Å². The topological polar surface area (TPSA) is 32.3 Å². The molecule has 0 radical (unpaired) electrons. The molecule has 1 aromatic carbocycles. The molecule has 1 aromatic heterocycles. The number of benzene rings is 1. The average molecular weight is 279 g/mol. The van der Waals surface area contributed by atoms with E-state index in [1.807, 2.05) is 23.1 Å². The van der Waals surface area contributed by atoms with Gasteiger partial charge in [0.15, 0.2) is 0 Å². The Morgan fingerprint density at radius 2 is 2.22 bits per heavy atom. The second kappa shape index (κ2) is 5.21. The van der Waals surface area contributed by atoms with Crippen LogP contribution in [0.2, 0.25) is 0 Å². The van der Waals surface area contributed by atoms with E-state index < -0.39 is 5.60 Å². The third kappa shape index (κ3) is 2.72. The predicted molar refractivity (Wildman–Crippen MR) is 80.4 cm³/mol. The summed E-state index contributed by atoms with van der Waals surface area (Å²) in [5.41, 5.74) is -0.485. The number of hydrogen-bond donors (Lipinski definition) is 2. The van der Waals surface area contributed by atoms with E-state index in [-0.39, 0.29) is 0 Å². The molecule has 0 saturated carbocycles. The van der Waals surface area contributed by atoms with E-state index in [0.717, 1.165) is 24.5 Å². The fourth-order valence-electron chi connectivity index (χ4n) is 2.28. The van der Waals surface area contributed by atoms with Gasteiger partial charge in [0.25, 0.3) is 0 Å². The van der Waals surface area contributed by atoms with Gasteiger partial charge >= 0.3 is 0 Å². The molecule has 1 atom stereocenters. The highest BCUT2D eigenvalue weighted by molar-refractivity contribution is 7.99. The summed E-state index contributed by atoms with van der Waals surface area (Å²) in [6, 6.07) is 10.7. The highest BCUT2D eigenvalue weighted by atomic mass is 32.2. The maximum Gasteiger partial charge on any atom is 0.0869 e. The minimum atomic E-state index is -0.485. The monoisotopic (exact) mass is 279 g/mol. The third-order valence-electron chi connectivity index (χ3n) is 3.31. The number of hydrogen-bond acceptors (Lipinski definition) is 4. The van der Waals surface area contributed by atoms with Crippen LogP contribution in [-0.2, 0) is 6.54 Å². The van der Waals surface area contributed by atoms with Crippen LogP contribution in [0.5, 0.6) is 0 Å². The van der Waals surface area contributed by atoms with E-state index >= 15 is 0 Å². The molecule has 18 heavy (non-hydrogen) atoms. The maximum atomic E-state index is 10.2. The number of nitrogens with one attached hydrogen (secondary N) is 1. The molecular weight excluding hydrogens is 262 g/mol. The SMILES string of the molecule is OC1(CNCc2cc3ccccc3s2)CCSC1. The summed E-state index contributed by atoms with van der Waals surface area (Å²) in [6.07, 6.45) is 0.914. The van der Waals surface area contributed by atoms with Crippen LogP contribution in [0.4, 0.5) is 0 Å². The van der Waals surface area contributed by atoms with Crippen molar-refractivity contribution >= 4 is 33.2 Å². The average Bonchev–Trinajstić information content (AvgIpc) is 2.95. The highest BCUT2D eigenvalue weighted by Gasteiger charge is 2.30. The zero-order chi connectivity index (χ0) is 12.4. The summed E-state index contributed by atoms with van der Waals surface area (Å²) in [4.78, 5) is 1.34. The molecule has 96 valence electrons. The molecule has 0 aliphatic carbocycles. The van der Waals surface area contributed by atoms with Gasteiger partial charge in [-0.25, -0.2) is 0 Å². The molecule has 1 aliphatic heterocycles. The molecule has 0 bridgehead atoms. The van der Waals surface area contributed by atoms with Gasteiger partial charge in [0.1, 0.15) is 0 Å². The summed E-state index contributed by atoms with van der Waals surface area (Å²) < 4.78 is 1.34. The first-order chi connectivity index (χ1) is 8.75. The van der Waals surface area contributed by atoms with Crippen LogP contribution in [0.15, 0.2) is 30.3 Å². The van der Waals surface area contributed by atoms with Crippen LogP contribution in [0.1, 0.15) is 11.3 Å². The Morgan fingerprint density at radius 1 is 1.33 bits per heavy atom. The van der Waals surface area contributed by atoms with Crippen LogP contribution in [0, 0.1) is 0 Å². The van der Waals surface area contributed by atoms with E-state index in [1.165, 1.54) is 15.0 Å². The molecule has 2 nitrogen and oxygen atoms in total. The smallest absolute Gasteiger partial charge is 0.0869 e. The van der Waals surface area contributed by atoms with Gasteiger partial charge < -0.3 is 10.4 Å². The van der Waals surface area contributed by atoms with Crippen molar-refractivity contribution in [1.29, 1.82) is 0 Å². The first kappa shape index (κ1) is 12.5. The molecule has 2 heterocycles. The second-order valence-electron chi connectivity index (χ2n) is 4.88. The summed E-state index contributed by atoms with van der Waals surface area (Å²) in [5, 5.41) is 14.9. The van der Waals surface area contributed by atoms with E-state index in [2.05, 4.69) is 35.6 Å². The zero-order valence-corrected chi connectivity index (χ0v) is 11.8. The first-order valence-electron chi connectivity index (χ1n) is 6.24. The molecule has 0 spiro atoms. The summed E-state index contributed by atoms with van der Waals surface area (Å²) in [7, 11) is 0. The van der Waals surface area contributed by atoms with Gasteiger partial charge in [-0.15, -0.1) is 11.3 Å². The first-order valence-corrected chi connectivity index (χ1v) is 8.21. The fourth-order valence-corrected chi connectivity index (χ4v) is 4.61.